The molecule has 0 radical (unpaired) electrons. The lowest BCUT2D eigenvalue weighted by atomic mass is 10.2. The van der Waals surface area contributed by atoms with Crippen LogP contribution < -0.4 is 9.46 Å². The summed E-state index contributed by atoms with van der Waals surface area (Å²) in [4.78, 5) is 4.74. The molecular formula is C18H20N2O3S. The molecule has 24 heavy (non-hydrogen) atoms. The minimum atomic E-state index is -3.50. The standard InChI is InChI=1S/C18H20N2O3S/c1-13(2)12-23-16-9-5-3-7-14(16)11-19-18-15-8-4-6-10-17(15)24(21,22)20-18/h3-10,13H,11-12H2,1-2H3,(H,19,20). The Kier molecular flexibility index (Phi) is 4.57. The third-order valence-electron chi connectivity index (χ3n) is 3.62. The number of nitrogens with one attached hydrogen (secondary N) is 1. The van der Waals surface area contributed by atoms with Gasteiger partial charge in [-0.2, -0.15) is 0 Å². The zero-order valence-corrected chi connectivity index (χ0v) is 14.5. The average Bonchev–Trinajstić information content (AvgIpc) is 2.83. The first-order chi connectivity index (χ1) is 11.5. The van der Waals surface area contributed by atoms with Crippen molar-refractivity contribution in [1.29, 1.82) is 0 Å². The molecule has 0 aliphatic carbocycles. The van der Waals surface area contributed by atoms with E-state index >= 15 is 0 Å². The number of nitrogens with zero attached hydrogens (tertiary/aromatic N) is 1. The Balaban J connectivity index is 1.85. The summed E-state index contributed by atoms with van der Waals surface area (Å²) in [6.07, 6.45) is 0. The second kappa shape index (κ2) is 6.65. The number of amidine groups is 1. The van der Waals surface area contributed by atoms with Gasteiger partial charge in [0, 0.05) is 11.1 Å². The van der Waals surface area contributed by atoms with E-state index in [4.69, 9.17) is 4.74 Å². The molecule has 2 aromatic carbocycles. The molecule has 0 aromatic heterocycles. The molecule has 126 valence electrons. The highest BCUT2D eigenvalue weighted by Gasteiger charge is 2.29. The molecule has 0 amide bonds. The first-order valence-electron chi connectivity index (χ1n) is 7.85. The molecule has 0 fully saturated rings. The lowest BCUT2D eigenvalue weighted by Gasteiger charge is -2.12. The molecule has 1 heterocycles. The van der Waals surface area contributed by atoms with Crippen LogP contribution in [0.25, 0.3) is 0 Å². The number of ether oxygens (including phenoxy) is 1. The zero-order chi connectivity index (χ0) is 17.2. The van der Waals surface area contributed by atoms with Crippen molar-refractivity contribution >= 4 is 15.9 Å². The Hall–Kier alpha value is -2.34. The highest BCUT2D eigenvalue weighted by molar-refractivity contribution is 7.90. The third kappa shape index (κ3) is 3.43. The van der Waals surface area contributed by atoms with Crippen LogP contribution in [0, 0.1) is 5.92 Å². The lowest BCUT2D eigenvalue weighted by Crippen LogP contribution is -2.22. The summed E-state index contributed by atoms with van der Waals surface area (Å²) in [6, 6.07) is 14.5. The SMILES string of the molecule is CC(C)COc1ccccc1CN=C1NS(=O)(=O)c2ccccc21. The summed E-state index contributed by atoms with van der Waals surface area (Å²) in [7, 11) is -3.50. The van der Waals surface area contributed by atoms with Crippen molar-refractivity contribution in [1.82, 2.24) is 4.72 Å². The van der Waals surface area contributed by atoms with Gasteiger partial charge in [-0.05, 0) is 24.1 Å². The van der Waals surface area contributed by atoms with E-state index in [2.05, 4.69) is 23.6 Å². The minimum Gasteiger partial charge on any atom is -0.493 e. The number of rotatable bonds is 5. The normalized spacial score (nSPS) is 16.9. The molecule has 0 saturated carbocycles. The molecule has 0 unspecified atom stereocenters. The van der Waals surface area contributed by atoms with Crippen LogP contribution in [-0.4, -0.2) is 20.9 Å². The van der Waals surface area contributed by atoms with E-state index < -0.39 is 10.0 Å². The smallest absolute Gasteiger partial charge is 0.263 e. The Morgan fingerprint density at radius 1 is 1.08 bits per heavy atom. The molecule has 1 N–H and O–H groups in total. The minimum absolute atomic E-state index is 0.271. The predicted molar refractivity (Wildman–Crippen MR) is 93.8 cm³/mol. The maximum atomic E-state index is 12.1. The van der Waals surface area contributed by atoms with Crippen molar-refractivity contribution in [2.45, 2.75) is 25.3 Å². The van der Waals surface area contributed by atoms with Crippen LogP contribution >= 0.6 is 0 Å². The van der Waals surface area contributed by atoms with Gasteiger partial charge < -0.3 is 4.74 Å². The summed E-state index contributed by atoms with van der Waals surface area (Å²) in [5, 5.41) is 0. The van der Waals surface area contributed by atoms with Gasteiger partial charge in [-0.15, -0.1) is 0 Å². The summed E-state index contributed by atoms with van der Waals surface area (Å²) in [6.45, 7) is 5.16. The largest absolute Gasteiger partial charge is 0.493 e. The number of hydrogen-bond acceptors (Lipinski definition) is 4. The van der Waals surface area contributed by atoms with Gasteiger partial charge in [-0.1, -0.05) is 44.2 Å². The molecule has 0 bridgehead atoms. The monoisotopic (exact) mass is 344 g/mol. The molecule has 0 atom stereocenters. The van der Waals surface area contributed by atoms with E-state index in [1.807, 2.05) is 24.3 Å². The Bertz CT molecular complexity index is 873. The fourth-order valence-corrected chi connectivity index (χ4v) is 3.70. The molecule has 5 nitrogen and oxygen atoms in total. The van der Waals surface area contributed by atoms with E-state index in [-0.39, 0.29) is 4.90 Å². The highest BCUT2D eigenvalue weighted by atomic mass is 32.2. The second-order valence-electron chi connectivity index (χ2n) is 6.08. The summed E-state index contributed by atoms with van der Waals surface area (Å²) >= 11 is 0. The molecule has 0 spiro atoms. The van der Waals surface area contributed by atoms with Gasteiger partial charge in [0.1, 0.15) is 11.6 Å². The van der Waals surface area contributed by atoms with E-state index in [1.165, 1.54) is 0 Å². The van der Waals surface area contributed by atoms with Crippen molar-refractivity contribution in [3.8, 4) is 5.75 Å². The Labute approximate surface area is 142 Å². The van der Waals surface area contributed by atoms with Crippen molar-refractivity contribution in [3.63, 3.8) is 0 Å². The Morgan fingerprint density at radius 2 is 1.79 bits per heavy atom. The lowest BCUT2D eigenvalue weighted by molar-refractivity contribution is 0.268. The molecule has 1 aliphatic rings. The topological polar surface area (TPSA) is 67.8 Å². The first-order valence-corrected chi connectivity index (χ1v) is 9.33. The van der Waals surface area contributed by atoms with Gasteiger partial charge >= 0.3 is 0 Å². The van der Waals surface area contributed by atoms with Crippen molar-refractivity contribution < 1.29 is 13.2 Å². The van der Waals surface area contributed by atoms with Crippen LogP contribution in [-0.2, 0) is 16.6 Å². The van der Waals surface area contributed by atoms with E-state index in [0.717, 1.165) is 11.3 Å². The van der Waals surface area contributed by atoms with Gasteiger partial charge in [-0.3, -0.25) is 9.71 Å². The fourth-order valence-electron chi connectivity index (χ4n) is 2.45. The molecule has 3 rings (SSSR count). The maximum absolute atomic E-state index is 12.1. The predicted octanol–water partition coefficient (Wildman–Crippen LogP) is 2.96. The van der Waals surface area contributed by atoms with Gasteiger partial charge in [-0.25, -0.2) is 8.42 Å². The second-order valence-corrected chi connectivity index (χ2v) is 7.73. The zero-order valence-electron chi connectivity index (χ0n) is 13.7. The summed E-state index contributed by atoms with van der Waals surface area (Å²) in [5.74, 6) is 1.59. The van der Waals surface area contributed by atoms with Crippen molar-refractivity contribution in [2.24, 2.45) is 10.9 Å². The quantitative estimate of drug-likeness (QED) is 0.907. The summed E-state index contributed by atoms with van der Waals surface area (Å²) in [5.41, 5.74) is 1.53. The Morgan fingerprint density at radius 3 is 2.58 bits per heavy atom. The fraction of sp³-hybridized carbons (Fsp3) is 0.278. The number of para-hydroxylation sites is 1. The number of aliphatic imine (C=N–C) groups is 1. The van der Waals surface area contributed by atoms with Crippen LogP contribution in [0.15, 0.2) is 58.4 Å². The first kappa shape index (κ1) is 16.5. The van der Waals surface area contributed by atoms with Crippen molar-refractivity contribution in [2.75, 3.05) is 6.61 Å². The molecule has 2 aromatic rings. The number of sulfonamides is 1. The van der Waals surface area contributed by atoms with E-state index in [0.29, 0.717) is 30.5 Å². The van der Waals surface area contributed by atoms with Gasteiger partial charge in [0.2, 0.25) is 0 Å². The highest BCUT2D eigenvalue weighted by Crippen LogP contribution is 2.24. The van der Waals surface area contributed by atoms with Crippen LogP contribution in [0.3, 0.4) is 0 Å². The number of benzene rings is 2. The summed E-state index contributed by atoms with van der Waals surface area (Å²) < 4.78 is 32.5. The maximum Gasteiger partial charge on any atom is 0.263 e. The third-order valence-corrected chi connectivity index (χ3v) is 5.01. The van der Waals surface area contributed by atoms with Crippen LogP contribution in [0.1, 0.15) is 25.0 Å². The number of hydrogen-bond donors (Lipinski definition) is 1. The van der Waals surface area contributed by atoms with Crippen molar-refractivity contribution in [3.05, 3.63) is 59.7 Å². The van der Waals surface area contributed by atoms with Gasteiger partial charge in [0.15, 0.2) is 0 Å². The molecule has 1 aliphatic heterocycles. The average molecular weight is 344 g/mol. The van der Waals surface area contributed by atoms with Gasteiger partial charge in [0.25, 0.3) is 10.0 Å². The van der Waals surface area contributed by atoms with Crippen LogP contribution in [0.5, 0.6) is 5.75 Å². The number of fused-ring (bicyclic) bond motifs is 1. The molecular weight excluding hydrogens is 324 g/mol. The van der Waals surface area contributed by atoms with Crippen LogP contribution in [0.2, 0.25) is 0 Å². The molecule has 6 heteroatoms. The van der Waals surface area contributed by atoms with E-state index in [9.17, 15) is 8.42 Å². The van der Waals surface area contributed by atoms with Gasteiger partial charge in [0.05, 0.1) is 18.0 Å². The van der Waals surface area contributed by atoms with E-state index in [1.54, 1.807) is 24.3 Å². The molecule has 0 saturated heterocycles. The van der Waals surface area contributed by atoms with Crippen LogP contribution in [0.4, 0.5) is 0 Å².